The summed E-state index contributed by atoms with van der Waals surface area (Å²) in [5, 5.41) is 3.15. The fourth-order valence-corrected chi connectivity index (χ4v) is 1.50. The second-order valence-electron chi connectivity index (χ2n) is 3.50. The molecule has 1 rings (SSSR count). The molecule has 0 aliphatic rings. The third kappa shape index (κ3) is 3.04. The van der Waals surface area contributed by atoms with Crippen molar-refractivity contribution in [2.45, 2.75) is 19.8 Å². The number of methoxy groups -OCH3 is 1. The monoisotopic (exact) mass is 193 g/mol. The van der Waals surface area contributed by atoms with Gasteiger partial charge in [0.25, 0.3) is 0 Å². The molecule has 0 aliphatic heterocycles. The number of aryl methyl sites for hydroxylation is 2. The lowest BCUT2D eigenvalue weighted by Crippen LogP contribution is -2.08. The summed E-state index contributed by atoms with van der Waals surface area (Å²) in [6.45, 7) is 3.21. The minimum absolute atomic E-state index is 0.954. The van der Waals surface area contributed by atoms with Gasteiger partial charge in [-0.3, -0.25) is 0 Å². The summed E-state index contributed by atoms with van der Waals surface area (Å²) < 4.78 is 5.20. The van der Waals surface area contributed by atoms with Crippen LogP contribution in [0.3, 0.4) is 0 Å². The Hall–Kier alpha value is -1.02. The number of nitrogens with one attached hydrogen (secondary N) is 1. The van der Waals surface area contributed by atoms with Gasteiger partial charge in [-0.05, 0) is 56.6 Å². The number of ether oxygens (including phenoxy) is 1. The molecule has 0 bridgehead atoms. The maximum Gasteiger partial charge on any atom is 0.119 e. The first-order valence-corrected chi connectivity index (χ1v) is 5.06. The van der Waals surface area contributed by atoms with Gasteiger partial charge in [0.15, 0.2) is 0 Å². The van der Waals surface area contributed by atoms with Gasteiger partial charge in [-0.2, -0.15) is 0 Å². The Bertz CT molecular complexity index is 284. The fraction of sp³-hybridized carbons (Fsp3) is 0.500. The van der Waals surface area contributed by atoms with Gasteiger partial charge in [0, 0.05) is 0 Å². The highest BCUT2D eigenvalue weighted by Crippen LogP contribution is 2.18. The SMILES string of the molecule is CNCCCc1cc(OC)ccc1C. The van der Waals surface area contributed by atoms with E-state index in [1.54, 1.807) is 7.11 Å². The summed E-state index contributed by atoms with van der Waals surface area (Å²) in [6.07, 6.45) is 2.29. The standard InChI is InChI=1S/C12H19NO/c1-10-6-7-12(14-3)9-11(10)5-4-8-13-2/h6-7,9,13H,4-5,8H2,1-3H3. The molecular formula is C12H19NO. The fourth-order valence-electron chi connectivity index (χ4n) is 1.50. The number of hydrogen-bond acceptors (Lipinski definition) is 2. The van der Waals surface area contributed by atoms with E-state index in [4.69, 9.17) is 4.74 Å². The van der Waals surface area contributed by atoms with Gasteiger partial charge in [0.2, 0.25) is 0 Å². The van der Waals surface area contributed by atoms with Crippen LogP contribution >= 0.6 is 0 Å². The summed E-state index contributed by atoms with van der Waals surface area (Å²) >= 11 is 0. The van der Waals surface area contributed by atoms with Gasteiger partial charge < -0.3 is 10.1 Å². The first kappa shape index (κ1) is 11.1. The van der Waals surface area contributed by atoms with Gasteiger partial charge in [-0.15, -0.1) is 0 Å². The zero-order chi connectivity index (χ0) is 10.4. The van der Waals surface area contributed by atoms with Gasteiger partial charge in [0.05, 0.1) is 7.11 Å². The Morgan fingerprint density at radius 2 is 2.14 bits per heavy atom. The summed E-state index contributed by atoms with van der Waals surface area (Å²) in [5.41, 5.74) is 2.74. The molecule has 1 N–H and O–H groups in total. The molecule has 1 aromatic carbocycles. The van der Waals surface area contributed by atoms with Crippen molar-refractivity contribution in [3.8, 4) is 5.75 Å². The summed E-state index contributed by atoms with van der Waals surface area (Å²) in [6, 6.07) is 6.26. The van der Waals surface area contributed by atoms with Crippen molar-refractivity contribution in [2.24, 2.45) is 0 Å². The van der Waals surface area contributed by atoms with Crippen LogP contribution < -0.4 is 10.1 Å². The molecule has 0 aromatic heterocycles. The molecule has 1 aromatic rings. The zero-order valence-corrected chi connectivity index (χ0v) is 9.26. The predicted molar refractivity (Wildman–Crippen MR) is 60.0 cm³/mol. The third-order valence-corrected chi connectivity index (χ3v) is 2.43. The van der Waals surface area contributed by atoms with Crippen LogP contribution in [-0.2, 0) is 6.42 Å². The molecule has 0 atom stereocenters. The topological polar surface area (TPSA) is 21.3 Å². The minimum atomic E-state index is 0.954. The molecule has 0 saturated heterocycles. The van der Waals surface area contributed by atoms with Crippen LogP contribution in [-0.4, -0.2) is 20.7 Å². The van der Waals surface area contributed by atoms with Crippen molar-refractivity contribution < 1.29 is 4.74 Å². The van der Waals surface area contributed by atoms with E-state index in [0.717, 1.165) is 18.7 Å². The van der Waals surface area contributed by atoms with E-state index >= 15 is 0 Å². The molecule has 78 valence electrons. The van der Waals surface area contributed by atoms with E-state index < -0.39 is 0 Å². The van der Waals surface area contributed by atoms with E-state index in [-0.39, 0.29) is 0 Å². The summed E-state index contributed by atoms with van der Waals surface area (Å²) in [4.78, 5) is 0. The van der Waals surface area contributed by atoms with E-state index in [2.05, 4.69) is 24.4 Å². The molecule has 14 heavy (non-hydrogen) atoms. The van der Waals surface area contributed by atoms with Crippen LogP contribution in [0.25, 0.3) is 0 Å². The van der Waals surface area contributed by atoms with Gasteiger partial charge in [-0.25, -0.2) is 0 Å². The van der Waals surface area contributed by atoms with Crippen LogP contribution in [0, 0.1) is 6.92 Å². The highest BCUT2D eigenvalue weighted by atomic mass is 16.5. The molecule has 0 aliphatic carbocycles. The summed E-state index contributed by atoms with van der Waals surface area (Å²) in [5.74, 6) is 0.954. The maximum absolute atomic E-state index is 5.20. The molecule has 0 amide bonds. The minimum Gasteiger partial charge on any atom is -0.497 e. The van der Waals surface area contributed by atoms with Crippen LogP contribution in [0.15, 0.2) is 18.2 Å². The molecule has 0 spiro atoms. The van der Waals surface area contributed by atoms with Crippen molar-refractivity contribution in [3.05, 3.63) is 29.3 Å². The first-order chi connectivity index (χ1) is 6.77. The molecule has 0 heterocycles. The Morgan fingerprint density at radius 3 is 2.79 bits per heavy atom. The largest absolute Gasteiger partial charge is 0.497 e. The van der Waals surface area contributed by atoms with E-state index in [1.165, 1.54) is 17.5 Å². The lowest BCUT2D eigenvalue weighted by Gasteiger charge is -2.08. The molecule has 0 saturated carbocycles. The van der Waals surface area contributed by atoms with Crippen molar-refractivity contribution in [1.82, 2.24) is 5.32 Å². The Morgan fingerprint density at radius 1 is 1.36 bits per heavy atom. The Balaban J connectivity index is 2.64. The lowest BCUT2D eigenvalue weighted by atomic mass is 10.0. The van der Waals surface area contributed by atoms with Crippen molar-refractivity contribution in [2.75, 3.05) is 20.7 Å². The van der Waals surface area contributed by atoms with Crippen molar-refractivity contribution >= 4 is 0 Å². The highest BCUT2D eigenvalue weighted by Gasteiger charge is 2.00. The molecule has 2 heteroatoms. The van der Waals surface area contributed by atoms with Crippen LogP contribution in [0.4, 0.5) is 0 Å². The predicted octanol–water partition coefficient (Wildman–Crippen LogP) is 2.16. The molecule has 2 nitrogen and oxygen atoms in total. The Kier molecular flexibility index (Phi) is 4.47. The third-order valence-electron chi connectivity index (χ3n) is 2.43. The van der Waals surface area contributed by atoms with Crippen LogP contribution in [0.1, 0.15) is 17.5 Å². The molecule has 0 unspecified atom stereocenters. The Labute approximate surface area is 86.3 Å². The smallest absolute Gasteiger partial charge is 0.119 e. The number of rotatable bonds is 5. The van der Waals surface area contributed by atoms with Crippen LogP contribution in [0.2, 0.25) is 0 Å². The normalized spacial score (nSPS) is 10.2. The van der Waals surface area contributed by atoms with Gasteiger partial charge in [-0.1, -0.05) is 6.07 Å². The van der Waals surface area contributed by atoms with Crippen molar-refractivity contribution in [3.63, 3.8) is 0 Å². The zero-order valence-electron chi connectivity index (χ0n) is 9.26. The van der Waals surface area contributed by atoms with E-state index in [9.17, 15) is 0 Å². The maximum atomic E-state index is 5.20. The first-order valence-electron chi connectivity index (χ1n) is 5.06. The van der Waals surface area contributed by atoms with Gasteiger partial charge in [0.1, 0.15) is 5.75 Å². The average Bonchev–Trinajstić information content (AvgIpc) is 2.21. The second kappa shape index (κ2) is 5.66. The average molecular weight is 193 g/mol. The quantitative estimate of drug-likeness (QED) is 0.723. The van der Waals surface area contributed by atoms with Crippen molar-refractivity contribution in [1.29, 1.82) is 0 Å². The number of benzene rings is 1. The van der Waals surface area contributed by atoms with Crippen LogP contribution in [0.5, 0.6) is 5.75 Å². The molecule has 0 fully saturated rings. The molecule has 0 radical (unpaired) electrons. The number of hydrogen-bond donors (Lipinski definition) is 1. The van der Waals surface area contributed by atoms with E-state index in [0.29, 0.717) is 0 Å². The molecular weight excluding hydrogens is 174 g/mol. The van der Waals surface area contributed by atoms with E-state index in [1.807, 2.05) is 13.1 Å². The summed E-state index contributed by atoms with van der Waals surface area (Å²) in [7, 11) is 3.69. The lowest BCUT2D eigenvalue weighted by molar-refractivity contribution is 0.414. The second-order valence-corrected chi connectivity index (χ2v) is 3.50. The van der Waals surface area contributed by atoms with Gasteiger partial charge >= 0.3 is 0 Å². The highest BCUT2D eigenvalue weighted by molar-refractivity contribution is 5.34.